The molecule has 1 aromatic rings. The minimum Gasteiger partial charge on any atom is -0.327 e. The van der Waals surface area contributed by atoms with Gasteiger partial charge in [-0.05, 0) is 30.2 Å². The van der Waals surface area contributed by atoms with E-state index in [-0.39, 0.29) is 0 Å². The predicted molar refractivity (Wildman–Crippen MR) is 54.3 cm³/mol. The quantitative estimate of drug-likeness (QED) is 0.806. The average Bonchev–Trinajstić information content (AvgIpc) is 2.12. The largest absolute Gasteiger partial charge is 0.416 e. The Morgan fingerprint density at radius 3 is 2.47 bits per heavy atom. The lowest BCUT2D eigenvalue weighted by atomic mass is 10.1. The maximum Gasteiger partial charge on any atom is 0.416 e. The van der Waals surface area contributed by atoms with Gasteiger partial charge in [0.1, 0.15) is 0 Å². The molecule has 0 aliphatic rings. The summed E-state index contributed by atoms with van der Waals surface area (Å²) >= 11 is 0. The molecule has 0 aliphatic carbocycles. The van der Waals surface area contributed by atoms with Gasteiger partial charge in [0, 0.05) is 6.54 Å². The van der Waals surface area contributed by atoms with Crippen LogP contribution >= 0.6 is 0 Å². The van der Waals surface area contributed by atoms with Crippen LogP contribution in [0.5, 0.6) is 0 Å². The van der Waals surface area contributed by atoms with Gasteiger partial charge in [-0.25, -0.2) is 0 Å². The minimum atomic E-state index is -4.29. The summed E-state index contributed by atoms with van der Waals surface area (Å²) in [4.78, 5) is 0. The fraction of sp³-hybridized carbons (Fsp3) is 0.273. The number of hydrogen-bond acceptors (Lipinski definition) is 1. The van der Waals surface area contributed by atoms with Crippen LogP contribution in [-0.4, -0.2) is 6.54 Å². The molecule has 1 aromatic carbocycles. The molecule has 0 heterocycles. The first kappa shape index (κ1) is 11.8. The third-order valence-electron chi connectivity index (χ3n) is 1.87. The molecule has 0 fully saturated rings. The van der Waals surface area contributed by atoms with Crippen molar-refractivity contribution in [2.45, 2.75) is 13.1 Å². The van der Waals surface area contributed by atoms with Crippen molar-refractivity contribution in [3.8, 4) is 0 Å². The molecule has 0 saturated carbocycles. The van der Waals surface area contributed by atoms with Crippen molar-refractivity contribution in [3.05, 3.63) is 41.0 Å². The third kappa shape index (κ3) is 3.40. The van der Waals surface area contributed by atoms with Gasteiger partial charge in [-0.1, -0.05) is 18.2 Å². The molecule has 0 amide bonds. The standard InChI is InChI=1S/C11H12F3N/c1-8-5-9(3-2-4-15)7-10(6-8)11(12,13)14/h2-3,5-7H,4,15H2,1H3. The molecule has 4 heteroatoms. The van der Waals surface area contributed by atoms with Gasteiger partial charge in [-0.15, -0.1) is 0 Å². The zero-order valence-electron chi connectivity index (χ0n) is 8.31. The molecule has 0 saturated heterocycles. The molecule has 1 nitrogen and oxygen atoms in total. The number of nitrogens with two attached hydrogens (primary N) is 1. The predicted octanol–water partition coefficient (Wildman–Crippen LogP) is 2.99. The average molecular weight is 215 g/mol. The third-order valence-corrected chi connectivity index (χ3v) is 1.87. The Hall–Kier alpha value is -1.29. The summed E-state index contributed by atoms with van der Waals surface area (Å²) in [7, 11) is 0. The van der Waals surface area contributed by atoms with Gasteiger partial charge in [0.15, 0.2) is 0 Å². The fourth-order valence-corrected chi connectivity index (χ4v) is 1.28. The van der Waals surface area contributed by atoms with Crippen molar-refractivity contribution >= 4 is 6.08 Å². The second-order valence-corrected chi connectivity index (χ2v) is 3.27. The highest BCUT2D eigenvalue weighted by atomic mass is 19.4. The number of alkyl halides is 3. The van der Waals surface area contributed by atoms with Gasteiger partial charge in [-0.3, -0.25) is 0 Å². The Bertz CT molecular complexity index is 367. The van der Waals surface area contributed by atoms with E-state index in [4.69, 9.17) is 5.73 Å². The molecule has 15 heavy (non-hydrogen) atoms. The van der Waals surface area contributed by atoms with Crippen LogP contribution in [-0.2, 0) is 6.18 Å². The molecule has 0 atom stereocenters. The highest BCUT2D eigenvalue weighted by Crippen LogP contribution is 2.30. The van der Waals surface area contributed by atoms with E-state index < -0.39 is 11.7 Å². The van der Waals surface area contributed by atoms with Crippen LogP contribution in [0.3, 0.4) is 0 Å². The van der Waals surface area contributed by atoms with Crippen molar-refractivity contribution in [1.29, 1.82) is 0 Å². The summed E-state index contributed by atoms with van der Waals surface area (Å²) in [5.41, 5.74) is 5.71. The topological polar surface area (TPSA) is 26.0 Å². The number of halogens is 3. The summed E-state index contributed by atoms with van der Waals surface area (Å²) in [6.07, 6.45) is -1.09. The molecule has 0 bridgehead atoms. The highest BCUT2D eigenvalue weighted by Gasteiger charge is 2.30. The number of benzene rings is 1. The van der Waals surface area contributed by atoms with Crippen molar-refractivity contribution in [1.82, 2.24) is 0 Å². The summed E-state index contributed by atoms with van der Waals surface area (Å²) in [5.74, 6) is 0. The summed E-state index contributed by atoms with van der Waals surface area (Å²) in [6, 6.07) is 3.92. The van der Waals surface area contributed by atoms with Crippen LogP contribution < -0.4 is 5.73 Å². The van der Waals surface area contributed by atoms with Crippen LogP contribution in [0.4, 0.5) is 13.2 Å². The Morgan fingerprint density at radius 1 is 1.27 bits per heavy atom. The normalized spacial score (nSPS) is 12.3. The zero-order chi connectivity index (χ0) is 11.5. The molecule has 82 valence electrons. The number of hydrogen-bond donors (Lipinski definition) is 1. The van der Waals surface area contributed by atoms with E-state index >= 15 is 0 Å². The second kappa shape index (κ2) is 4.49. The Kier molecular flexibility index (Phi) is 3.52. The van der Waals surface area contributed by atoms with Gasteiger partial charge < -0.3 is 5.73 Å². The van der Waals surface area contributed by atoms with Crippen LogP contribution in [0.1, 0.15) is 16.7 Å². The molecule has 0 radical (unpaired) electrons. The number of aryl methyl sites for hydroxylation is 1. The van der Waals surface area contributed by atoms with E-state index in [2.05, 4.69) is 0 Å². The zero-order valence-corrected chi connectivity index (χ0v) is 8.31. The van der Waals surface area contributed by atoms with E-state index in [0.29, 0.717) is 17.7 Å². The first-order valence-corrected chi connectivity index (χ1v) is 4.49. The van der Waals surface area contributed by atoms with Crippen LogP contribution in [0, 0.1) is 6.92 Å². The lowest BCUT2D eigenvalue weighted by molar-refractivity contribution is -0.137. The van der Waals surface area contributed by atoms with E-state index in [9.17, 15) is 13.2 Å². The summed E-state index contributed by atoms with van der Waals surface area (Å²) in [5, 5.41) is 0. The molecule has 0 unspecified atom stereocenters. The van der Waals surface area contributed by atoms with Gasteiger partial charge in [0.05, 0.1) is 5.56 Å². The molecule has 0 aromatic heterocycles. The van der Waals surface area contributed by atoms with Crippen molar-refractivity contribution < 1.29 is 13.2 Å². The summed E-state index contributed by atoms with van der Waals surface area (Å²) < 4.78 is 37.3. The SMILES string of the molecule is Cc1cc(C=CCN)cc(C(F)(F)F)c1. The first-order valence-electron chi connectivity index (χ1n) is 4.49. The van der Waals surface area contributed by atoms with Crippen LogP contribution in [0.15, 0.2) is 24.3 Å². The van der Waals surface area contributed by atoms with Crippen LogP contribution in [0.2, 0.25) is 0 Å². The Labute approximate surface area is 86.4 Å². The number of rotatable bonds is 2. The summed E-state index contributed by atoms with van der Waals surface area (Å²) in [6.45, 7) is 1.95. The maximum atomic E-state index is 12.4. The van der Waals surface area contributed by atoms with Crippen molar-refractivity contribution in [2.24, 2.45) is 5.73 Å². The van der Waals surface area contributed by atoms with Gasteiger partial charge >= 0.3 is 6.18 Å². The van der Waals surface area contributed by atoms with E-state index in [1.165, 1.54) is 0 Å². The van der Waals surface area contributed by atoms with E-state index in [1.807, 2.05) is 0 Å². The molecular formula is C11H12F3N. The van der Waals surface area contributed by atoms with E-state index in [0.717, 1.165) is 12.1 Å². The van der Waals surface area contributed by atoms with E-state index in [1.54, 1.807) is 25.1 Å². The monoisotopic (exact) mass is 215 g/mol. The second-order valence-electron chi connectivity index (χ2n) is 3.27. The Morgan fingerprint density at radius 2 is 1.93 bits per heavy atom. The van der Waals surface area contributed by atoms with Gasteiger partial charge in [0.25, 0.3) is 0 Å². The van der Waals surface area contributed by atoms with Crippen LogP contribution in [0.25, 0.3) is 6.08 Å². The Balaban J connectivity index is 3.11. The molecule has 1 rings (SSSR count). The minimum absolute atomic E-state index is 0.315. The smallest absolute Gasteiger partial charge is 0.327 e. The highest BCUT2D eigenvalue weighted by molar-refractivity contribution is 5.52. The lowest BCUT2D eigenvalue weighted by Crippen LogP contribution is -2.05. The lowest BCUT2D eigenvalue weighted by Gasteiger charge is -2.08. The van der Waals surface area contributed by atoms with Gasteiger partial charge in [0.2, 0.25) is 0 Å². The molecule has 0 spiro atoms. The molecular weight excluding hydrogens is 203 g/mol. The first-order chi connectivity index (χ1) is 6.93. The van der Waals surface area contributed by atoms with Crippen molar-refractivity contribution in [2.75, 3.05) is 6.54 Å². The van der Waals surface area contributed by atoms with Gasteiger partial charge in [-0.2, -0.15) is 13.2 Å². The molecule has 2 N–H and O–H groups in total. The maximum absolute atomic E-state index is 12.4. The van der Waals surface area contributed by atoms with Crippen molar-refractivity contribution in [3.63, 3.8) is 0 Å². The molecule has 0 aliphatic heterocycles. The fourth-order valence-electron chi connectivity index (χ4n) is 1.28.